The van der Waals surface area contributed by atoms with Gasteiger partial charge in [0.1, 0.15) is 0 Å². The predicted molar refractivity (Wildman–Crippen MR) is 100 cm³/mol. The lowest BCUT2D eigenvalue weighted by molar-refractivity contribution is -0.136. The van der Waals surface area contributed by atoms with Gasteiger partial charge in [0.15, 0.2) is 11.5 Å². The zero-order valence-corrected chi connectivity index (χ0v) is 15.4. The number of hydrazone groups is 1. The number of nitrogens with one attached hydrogen (secondary N) is 2. The Morgan fingerprint density at radius 1 is 0.962 bits per heavy atom. The molecule has 0 aliphatic carbocycles. The van der Waals surface area contributed by atoms with E-state index in [2.05, 4.69) is 15.8 Å². The minimum absolute atomic E-state index is 0.261. The largest absolute Gasteiger partial charge is 0.493 e. The predicted octanol–water partition coefficient (Wildman–Crippen LogP) is 3.10. The van der Waals surface area contributed by atoms with E-state index in [1.165, 1.54) is 38.6 Å². The monoisotopic (exact) mass is 395 g/mol. The van der Waals surface area contributed by atoms with Crippen LogP contribution in [0.15, 0.2) is 41.5 Å². The Morgan fingerprint density at radius 2 is 1.69 bits per heavy atom. The number of ether oxygens (including phenoxy) is 2. The summed E-state index contributed by atoms with van der Waals surface area (Å²) in [6.45, 7) is 0. The molecule has 2 rings (SSSR count). The van der Waals surface area contributed by atoms with Crippen LogP contribution in [0.3, 0.4) is 0 Å². The lowest BCUT2D eigenvalue weighted by atomic mass is 10.2. The first-order valence-corrected chi connectivity index (χ1v) is 8.01. The number of carbonyl (C=O) groups is 2. The smallest absolute Gasteiger partial charge is 0.329 e. The van der Waals surface area contributed by atoms with Gasteiger partial charge in [-0.3, -0.25) is 9.59 Å². The topological polar surface area (TPSA) is 89.0 Å². The molecule has 0 radical (unpaired) electrons. The maximum absolute atomic E-state index is 11.8. The number of carbonyl (C=O) groups excluding carboxylic acids is 2. The van der Waals surface area contributed by atoms with E-state index < -0.39 is 11.8 Å². The first-order chi connectivity index (χ1) is 12.4. The number of methoxy groups -OCH3 is 2. The van der Waals surface area contributed by atoms with Crippen LogP contribution in [-0.4, -0.2) is 32.2 Å². The number of anilines is 1. The molecule has 2 aromatic carbocycles. The van der Waals surface area contributed by atoms with E-state index >= 15 is 0 Å². The van der Waals surface area contributed by atoms with Crippen molar-refractivity contribution < 1.29 is 19.1 Å². The Kier molecular flexibility index (Phi) is 6.82. The third-order valence-electron chi connectivity index (χ3n) is 3.17. The van der Waals surface area contributed by atoms with Gasteiger partial charge in [0.2, 0.25) is 0 Å². The summed E-state index contributed by atoms with van der Waals surface area (Å²) in [4.78, 5) is 23.6. The van der Waals surface area contributed by atoms with Gasteiger partial charge in [0.25, 0.3) is 0 Å². The fraction of sp³-hybridized carbons (Fsp3) is 0.118. The third kappa shape index (κ3) is 5.11. The van der Waals surface area contributed by atoms with Crippen LogP contribution in [0.1, 0.15) is 5.56 Å². The summed E-state index contributed by atoms with van der Waals surface area (Å²) in [7, 11) is 3.03. The quantitative estimate of drug-likeness (QED) is 0.462. The molecule has 0 fully saturated rings. The molecule has 7 nitrogen and oxygen atoms in total. The van der Waals surface area contributed by atoms with Crippen LogP contribution in [0.25, 0.3) is 0 Å². The molecule has 0 heterocycles. The Balaban J connectivity index is 1.95. The van der Waals surface area contributed by atoms with Gasteiger partial charge in [-0.2, -0.15) is 5.10 Å². The van der Waals surface area contributed by atoms with Crippen molar-refractivity contribution in [2.75, 3.05) is 19.5 Å². The van der Waals surface area contributed by atoms with Crippen molar-refractivity contribution >= 4 is 46.9 Å². The second kappa shape index (κ2) is 9.07. The van der Waals surface area contributed by atoms with E-state index in [0.29, 0.717) is 27.8 Å². The van der Waals surface area contributed by atoms with Crippen molar-refractivity contribution in [1.29, 1.82) is 0 Å². The average Bonchev–Trinajstić information content (AvgIpc) is 2.64. The van der Waals surface area contributed by atoms with E-state index in [9.17, 15) is 9.59 Å². The Bertz CT molecular complexity index is 856. The van der Waals surface area contributed by atoms with Gasteiger partial charge in [-0.15, -0.1) is 0 Å². The lowest BCUT2D eigenvalue weighted by Crippen LogP contribution is -2.32. The van der Waals surface area contributed by atoms with E-state index in [-0.39, 0.29) is 5.02 Å². The molecule has 136 valence electrons. The average molecular weight is 396 g/mol. The number of benzene rings is 2. The summed E-state index contributed by atoms with van der Waals surface area (Å²) < 4.78 is 10.3. The number of hydrogen-bond acceptors (Lipinski definition) is 5. The van der Waals surface area contributed by atoms with Crippen LogP contribution < -0.4 is 20.2 Å². The van der Waals surface area contributed by atoms with Crippen molar-refractivity contribution in [2.24, 2.45) is 5.10 Å². The minimum Gasteiger partial charge on any atom is -0.493 e. The first kappa shape index (κ1) is 19.6. The molecular weight excluding hydrogens is 381 g/mol. The van der Waals surface area contributed by atoms with Crippen LogP contribution in [0, 0.1) is 0 Å². The first-order valence-electron chi connectivity index (χ1n) is 7.26. The molecule has 2 amide bonds. The van der Waals surface area contributed by atoms with E-state index in [1.807, 2.05) is 0 Å². The second-order valence-electron chi connectivity index (χ2n) is 4.90. The molecule has 2 N–H and O–H groups in total. The van der Waals surface area contributed by atoms with Crippen molar-refractivity contribution in [2.45, 2.75) is 0 Å². The van der Waals surface area contributed by atoms with Gasteiger partial charge in [0.05, 0.1) is 30.5 Å². The molecule has 2 aromatic rings. The molecule has 0 saturated carbocycles. The lowest BCUT2D eigenvalue weighted by Gasteiger charge is -2.07. The molecule has 0 aromatic heterocycles. The zero-order valence-electron chi connectivity index (χ0n) is 13.9. The van der Waals surface area contributed by atoms with Gasteiger partial charge in [-0.05, 0) is 42.0 Å². The summed E-state index contributed by atoms with van der Waals surface area (Å²) in [5, 5.41) is 6.73. The molecule has 0 saturated heterocycles. The van der Waals surface area contributed by atoms with Crippen molar-refractivity contribution in [3.8, 4) is 11.5 Å². The molecule has 26 heavy (non-hydrogen) atoms. The summed E-state index contributed by atoms with van der Waals surface area (Å²) in [6.07, 6.45) is 1.37. The molecule has 0 unspecified atom stereocenters. The Hall–Kier alpha value is -2.77. The minimum atomic E-state index is -0.937. The SMILES string of the molecule is COc1ccc(C=NNC(=O)C(=O)Nc2ccc(Cl)c(Cl)c2)cc1OC. The fourth-order valence-electron chi connectivity index (χ4n) is 1.91. The highest BCUT2D eigenvalue weighted by Gasteiger charge is 2.13. The Labute approximate surface area is 159 Å². The maximum atomic E-state index is 11.8. The highest BCUT2D eigenvalue weighted by atomic mass is 35.5. The van der Waals surface area contributed by atoms with Crippen molar-refractivity contribution in [3.05, 3.63) is 52.0 Å². The maximum Gasteiger partial charge on any atom is 0.329 e. The van der Waals surface area contributed by atoms with E-state index in [0.717, 1.165) is 0 Å². The molecule has 0 aliphatic heterocycles. The normalized spacial score (nSPS) is 10.5. The summed E-state index contributed by atoms with van der Waals surface area (Å²) in [5.41, 5.74) is 3.11. The van der Waals surface area contributed by atoms with Crippen LogP contribution >= 0.6 is 23.2 Å². The highest BCUT2D eigenvalue weighted by Crippen LogP contribution is 2.27. The van der Waals surface area contributed by atoms with Gasteiger partial charge in [0, 0.05) is 5.69 Å². The van der Waals surface area contributed by atoms with Gasteiger partial charge < -0.3 is 14.8 Å². The summed E-state index contributed by atoms with van der Waals surface area (Å²) >= 11 is 11.6. The number of halogens is 2. The molecular formula is C17H15Cl2N3O4. The van der Waals surface area contributed by atoms with Crippen LogP contribution in [0.5, 0.6) is 11.5 Å². The molecule has 0 aliphatic rings. The van der Waals surface area contributed by atoms with Crippen LogP contribution in [-0.2, 0) is 9.59 Å². The molecule has 9 heteroatoms. The molecule has 0 bridgehead atoms. The summed E-state index contributed by atoms with van der Waals surface area (Å²) in [5.74, 6) is -0.754. The highest BCUT2D eigenvalue weighted by molar-refractivity contribution is 6.42. The van der Waals surface area contributed by atoms with Crippen LogP contribution in [0.2, 0.25) is 10.0 Å². The molecule has 0 spiro atoms. The van der Waals surface area contributed by atoms with E-state index in [1.54, 1.807) is 18.2 Å². The van der Waals surface area contributed by atoms with Crippen molar-refractivity contribution in [1.82, 2.24) is 5.43 Å². The number of nitrogens with zero attached hydrogens (tertiary/aromatic N) is 1. The van der Waals surface area contributed by atoms with Crippen LogP contribution in [0.4, 0.5) is 5.69 Å². The van der Waals surface area contributed by atoms with E-state index in [4.69, 9.17) is 32.7 Å². The fourth-order valence-corrected chi connectivity index (χ4v) is 2.21. The summed E-state index contributed by atoms with van der Waals surface area (Å²) in [6, 6.07) is 9.54. The third-order valence-corrected chi connectivity index (χ3v) is 3.91. The number of hydrogen-bond donors (Lipinski definition) is 2. The van der Waals surface area contributed by atoms with Gasteiger partial charge >= 0.3 is 11.8 Å². The van der Waals surface area contributed by atoms with Crippen molar-refractivity contribution in [3.63, 3.8) is 0 Å². The second-order valence-corrected chi connectivity index (χ2v) is 5.71. The molecule has 0 atom stereocenters. The van der Waals surface area contributed by atoms with Gasteiger partial charge in [-0.1, -0.05) is 23.2 Å². The number of amides is 2. The van der Waals surface area contributed by atoms with Gasteiger partial charge in [-0.25, -0.2) is 5.43 Å². The zero-order chi connectivity index (χ0) is 19.1. The number of rotatable bonds is 5. The standard InChI is InChI=1S/C17H15Cl2N3O4/c1-25-14-6-3-10(7-15(14)26-2)9-20-22-17(24)16(23)21-11-4-5-12(18)13(19)8-11/h3-9H,1-2H3,(H,21,23)(H,22,24). The Morgan fingerprint density at radius 3 is 2.35 bits per heavy atom.